The highest BCUT2D eigenvalue weighted by molar-refractivity contribution is 8.00. The van der Waals surface area contributed by atoms with E-state index in [-0.39, 0.29) is 0 Å². The van der Waals surface area contributed by atoms with Crippen molar-refractivity contribution in [2.24, 2.45) is 11.1 Å². The average Bonchev–Trinajstić information content (AvgIpc) is 2.97. The minimum Gasteiger partial charge on any atom is -0.329 e. The number of nitrogens with two attached hydrogens (primary N) is 1. The lowest BCUT2D eigenvalue weighted by atomic mass is 9.71. The third-order valence-corrected chi connectivity index (χ3v) is 5.47. The lowest BCUT2D eigenvalue weighted by Crippen LogP contribution is -2.48. The molecule has 1 aromatic rings. The summed E-state index contributed by atoms with van der Waals surface area (Å²) in [4.78, 5) is 1.26. The fourth-order valence-electron chi connectivity index (χ4n) is 2.88. The zero-order valence-electron chi connectivity index (χ0n) is 9.21. The van der Waals surface area contributed by atoms with Crippen molar-refractivity contribution < 1.29 is 0 Å². The van der Waals surface area contributed by atoms with Crippen molar-refractivity contribution >= 4 is 23.4 Å². The van der Waals surface area contributed by atoms with Gasteiger partial charge in [-0.15, -0.1) is 11.8 Å². The predicted octanol–water partition coefficient (Wildman–Crippen LogP) is 3.70. The maximum absolute atomic E-state index is 6.00. The van der Waals surface area contributed by atoms with Gasteiger partial charge in [-0.1, -0.05) is 17.7 Å². The van der Waals surface area contributed by atoms with E-state index in [9.17, 15) is 0 Å². The van der Waals surface area contributed by atoms with Crippen LogP contribution in [0.2, 0.25) is 5.02 Å². The lowest BCUT2D eigenvalue weighted by Gasteiger charge is -2.47. The minimum absolute atomic E-state index is 0.293. The molecule has 3 rings (SSSR count). The molecule has 2 aliphatic carbocycles. The van der Waals surface area contributed by atoms with Crippen molar-refractivity contribution in [3.63, 3.8) is 0 Å². The summed E-state index contributed by atoms with van der Waals surface area (Å²) in [5.41, 5.74) is 6.65. The maximum atomic E-state index is 6.00. The second kappa shape index (κ2) is 3.66. The third kappa shape index (κ3) is 1.87. The lowest BCUT2D eigenvalue weighted by molar-refractivity contribution is 0.210. The number of thioether (sulfide) groups is 1. The highest BCUT2D eigenvalue weighted by Crippen LogP contribution is 2.69. The fourth-order valence-corrected chi connectivity index (χ4v) is 4.81. The van der Waals surface area contributed by atoms with Gasteiger partial charge in [0.1, 0.15) is 0 Å². The van der Waals surface area contributed by atoms with Crippen LogP contribution in [0.1, 0.15) is 25.7 Å². The summed E-state index contributed by atoms with van der Waals surface area (Å²) in [5, 5.41) is 0.817. The molecule has 1 nitrogen and oxygen atoms in total. The summed E-state index contributed by atoms with van der Waals surface area (Å²) in [6.45, 7) is 0.784. The first-order valence-corrected chi connectivity index (χ1v) is 7.00. The standard InChI is InChI=1S/C13H16ClNS/c14-10-2-1-3-11(6-10)16-13(9-15)7-12(8-13)4-5-12/h1-3,6H,4-5,7-9,15H2. The van der Waals surface area contributed by atoms with Crippen LogP contribution in [0.3, 0.4) is 0 Å². The van der Waals surface area contributed by atoms with E-state index in [0.717, 1.165) is 11.6 Å². The van der Waals surface area contributed by atoms with Crippen LogP contribution >= 0.6 is 23.4 Å². The van der Waals surface area contributed by atoms with Crippen molar-refractivity contribution in [3.8, 4) is 0 Å². The molecule has 0 aromatic heterocycles. The van der Waals surface area contributed by atoms with E-state index in [1.807, 2.05) is 30.0 Å². The van der Waals surface area contributed by atoms with Gasteiger partial charge in [0.2, 0.25) is 0 Å². The molecule has 1 aromatic carbocycles. The molecule has 86 valence electrons. The van der Waals surface area contributed by atoms with Gasteiger partial charge in [-0.2, -0.15) is 0 Å². The number of halogens is 1. The molecule has 2 N–H and O–H groups in total. The van der Waals surface area contributed by atoms with Crippen LogP contribution in [-0.2, 0) is 0 Å². The van der Waals surface area contributed by atoms with Crippen molar-refractivity contribution in [1.29, 1.82) is 0 Å². The zero-order valence-corrected chi connectivity index (χ0v) is 10.8. The van der Waals surface area contributed by atoms with Crippen LogP contribution in [0, 0.1) is 5.41 Å². The van der Waals surface area contributed by atoms with E-state index < -0.39 is 0 Å². The molecule has 0 amide bonds. The Morgan fingerprint density at radius 1 is 1.31 bits per heavy atom. The van der Waals surface area contributed by atoms with Crippen LogP contribution in [-0.4, -0.2) is 11.3 Å². The molecule has 0 bridgehead atoms. The second-order valence-corrected chi connectivity index (χ2v) is 7.28. The minimum atomic E-state index is 0.293. The molecule has 0 aliphatic heterocycles. The first-order chi connectivity index (χ1) is 7.65. The van der Waals surface area contributed by atoms with Gasteiger partial charge < -0.3 is 5.73 Å². The Morgan fingerprint density at radius 3 is 2.62 bits per heavy atom. The van der Waals surface area contributed by atoms with E-state index in [1.54, 1.807) is 0 Å². The van der Waals surface area contributed by atoms with Crippen molar-refractivity contribution in [3.05, 3.63) is 29.3 Å². The van der Waals surface area contributed by atoms with Gasteiger partial charge in [0.05, 0.1) is 0 Å². The van der Waals surface area contributed by atoms with E-state index in [2.05, 4.69) is 6.07 Å². The van der Waals surface area contributed by atoms with Crippen molar-refractivity contribution in [2.75, 3.05) is 6.54 Å². The second-order valence-electron chi connectivity index (χ2n) is 5.30. The summed E-state index contributed by atoms with van der Waals surface area (Å²) >= 11 is 7.93. The number of hydrogen-bond acceptors (Lipinski definition) is 2. The molecule has 0 radical (unpaired) electrons. The summed E-state index contributed by atoms with van der Waals surface area (Å²) in [5.74, 6) is 0. The molecule has 0 atom stereocenters. The van der Waals surface area contributed by atoms with Crippen molar-refractivity contribution in [2.45, 2.75) is 35.3 Å². The van der Waals surface area contributed by atoms with E-state index in [1.165, 1.54) is 30.6 Å². The summed E-state index contributed by atoms with van der Waals surface area (Å²) in [6, 6.07) is 8.11. The molecule has 0 saturated heterocycles. The Balaban J connectivity index is 1.73. The molecule has 2 saturated carbocycles. The van der Waals surface area contributed by atoms with E-state index >= 15 is 0 Å². The quantitative estimate of drug-likeness (QED) is 0.889. The Bertz CT molecular complexity index is 406. The van der Waals surface area contributed by atoms with Gasteiger partial charge in [0.15, 0.2) is 0 Å². The summed E-state index contributed by atoms with van der Waals surface area (Å²) in [6.07, 6.45) is 5.44. The molecule has 2 aliphatic rings. The molecule has 1 spiro atoms. The highest BCUT2D eigenvalue weighted by atomic mass is 35.5. The number of hydrogen-bond donors (Lipinski definition) is 1. The SMILES string of the molecule is NCC1(Sc2cccc(Cl)c2)CC2(CC2)C1. The molecular weight excluding hydrogens is 238 g/mol. The third-order valence-electron chi connectivity index (χ3n) is 3.85. The molecular formula is C13H16ClNS. The largest absolute Gasteiger partial charge is 0.329 e. The van der Waals surface area contributed by atoms with E-state index in [4.69, 9.17) is 17.3 Å². The fraction of sp³-hybridized carbons (Fsp3) is 0.538. The van der Waals surface area contributed by atoms with Gasteiger partial charge in [0, 0.05) is 21.2 Å². The normalized spacial score (nSPS) is 24.1. The molecule has 0 unspecified atom stereocenters. The highest BCUT2D eigenvalue weighted by Gasteiger charge is 2.60. The van der Waals surface area contributed by atoms with Crippen LogP contribution in [0.4, 0.5) is 0 Å². The van der Waals surface area contributed by atoms with Gasteiger partial charge in [0.25, 0.3) is 0 Å². The van der Waals surface area contributed by atoms with Gasteiger partial charge in [-0.25, -0.2) is 0 Å². The van der Waals surface area contributed by atoms with Crippen LogP contribution in [0.25, 0.3) is 0 Å². The Kier molecular flexibility index (Phi) is 2.50. The predicted molar refractivity (Wildman–Crippen MR) is 70.0 cm³/mol. The maximum Gasteiger partial charge on any atom is 0.0417 e. The number of rotatable bonds is 3. The van der Waals surface area contributed by atoms with Crippen LogP contribution < -0.4 is 5.73 Å². The Morgan fingerprint density at radius 2 is 2.06 bits per heavy atom. The van der Waals surface area contributed by atoms with E-state index in [0.29, 0.717) is 10.2 Å². The van der Waals surface area contributed by atoms with Crippen LogP contribution in [0.15, 0.2) is 29.2 Å². The monoisotopic (exact) mass is 253 g/mol. The van der Waals surface area contributed by atoms with Gasteiger partial charge in [-0.05, 0) is 49.3 Å². The van der Waals surface area contributed by atoms with Gasteiger partial charge >= 0.3 is 0 Å². The summed E-state index contributed by atoms with van der Waals surface area (Å²) < 4.78 is 0.293. The average molecular weight is 254 g/mol. The number of benzene rings is 1. The molecule has 2 fully saturated rings. The Hall–Kier alpha value is -0.180. The first-order valence-electron chi connectivity index (χ1n) is 5.80. The topological polar surface area (TPSA) is 26.0 Å². The zero-order chi connectivity index (χ0) is 11.2. The smallest absolute Gasteiger partial charge is 0.0417 e. The first kappa shape index (κ1) is 10.9. The van der Waals surface area contributed by atoms with Gasteiger partial charge in [-0.3, -0.25) is 0 Å². The molecule has 0 heterocycles. The molecule has 3 heteroatoms. The molecule has 16 heavy (non-hydrogen) atoms. The summed E-state index contributed by atoms with van der Waals surface area (Å²) in [7, 11) is 0. The Labute approximate surface area is 106 Å². The van der Waals surface area contributed by atoms with Crippen LogP contribution in [0.5, 0.6) is 0 Å². The van der Waals surface area contributed by atoms with Crippen molar-refractivity contribution in [1.82, 2.24) is 0 Å².